The van der Waals surface area contributed by atoms with Crippen molar-refractivity contribution in [3.05, 3.63) is 0 Å². The third-order valence-corrected chi connectivity index (χ3v) is 2.28. The summed E-state index contributed by atoms with van der Waals surface area (Å²) in [7, 11) is 0. The zero-order chi connectivity index (χ0) is 10.8. The normalized spacial score (nSPS) is 10.1. The second-order valence-electron chi connectivity index (χ2n) is 3.35. The molecule has 0 aliphatic carbocycles. The number of carboxylic acids is 1. The molecule has 0 atom stereocenters. The number of Topliss-reactive ketones (excluding diaryl/α,β-unsaturated/α-hetero) is 1. The second kappa shape index (κ2) is 9.06. The van der Waals surface area contributed by atoms with Crippen molar-refractivity contribution < 1.29 is 14.7 Å². The fraction of sp³-hybridized carbons (Fsp3) is 0.800. The zero-order valence-corrected chi connectivity index (χ0v) is 9.26. The molecule has 4 heteroatoms. The van der Waals surface area contributed by atoms with Crippen LogP contribution in [-0.4, -0.2) is 22.6 Å². The van der Waals surface area contributed by atoms with Gasteiger partial charge in [-0.05, 0) is 18.6 Å². The number of rotatable bonds is 9. The molecule has 0 fully saturated rings. The Morgan fingerprint density at radius 2 is 1.57 bits per heavy atom. The number of hydrogen-bond donors (Lipinski definition) is 2. The van der Waals surface area contributed by atoms with Crippen LogP contribution in [0.1, 0.15) is 44.9 Å². The Morgan fingerprint density at radius 3 is 2.14 bits per heavy atom. The molecule has 0 saturated carbocycles. The fourth-order valence-electron chi connectivity index (χ4n) is 1.22. The van der Waals surface area contributed by atoms with E-state index in [1.165, 1.54) is 0 Å². The lowest BCUT2D eigenvalue weighted by molar-refractivity contribution is -0.140. The minimum absolute atomic E-state index is 0.160. The van der Waals surface area contributed by atoms with Crippen LogP contribution in [0.25, 0.3) is 0 Å². The van der Waals surface area contributed by atoms with Gasteiger partial charge in [-0.2, -0.15) is 12.6 Å². The summed E-state index contributed by atoms with van der Waals surface area (Å²) < 4.78 is 0. The van der Waals surface area contributed by atoms with Crippen molar-refractivity contribution in [2.75, 3.05) is 5.75 Å². The third kappa shape index (κ3) is 9.58. The lowest BCUT2D eigenvalue weighted by Crippen LogP contribution is -2.05. The van der Waals surface area contributed by atoms with Gasteiger partial charge < -0.3 is 5.11 Å². The molecule has 0 saturated heterocycles. The fourth-order valence-corrected chi connectivity index (χ4v) is 1.44. The number of aliphatic carboxylic acids is 1. The Balaban J connectivity index is 3.19. The molecule has 14 heavy (non-hydrogen) atoms. The summed E-state index contributed by atoms with van der Waals surface area (Å²) in [6.45, 7) is 0. The largest absolute Gasteiger partial charge is 0.481 e. The molecule has 0 spiro atoms. The number of thiol groups is 1. The summed E-state index contributed by atoms with van der Waals surface area (Å²) in [5.74, 6) is -0.269. The van der Waals surface area contributed by atoms with Gasteiger partial charge in [-0.3, -0.25) is 9.59 Å². The van der Waals surface area contributed by atoms with E-state index in [0.29, 0.717) is 6.42 Å². The Labute approximate surface area is 90.3 Å². The molecular formula is C10H18O3S. The molecule has 0 aliphatic rings. The van der Waals surface area contributed by atoms with Crippen molar-refractivity contribution in [1.82, 2.24) is 0 Å². The molecule has 0 aliphatic heterocycles. The summed E-state index contributed by atoms with van der Waals surface area (Å²) in [6, 6.07) is 0. The van der Waals surface area contributed by atoms with Crippen LogP contribution in [-0.2, 0) is 9.59 Å². The molecule has 0 rings (SSSR count). The average molecular weight is 218 g/mol. The predicted molar refractivity (Wildman–Crippen MR) is 58.8 cm³/mol. The summed E-state index contributed by atoms with van der Waals surface area (Å²) >= 11 is 4.10. The maximum atomic E-state index is 10.9. The lowest BCUT2D eigenvalue weighted by atomic mass is 10.1. The molecule has 0 radical (unpaired) electrons. The van der Waals surface area contributed by atoms with Crippen molar-refractivity contribution in [3.63, 3.8) is 0 Å². The number of hydrogen-bond acceptors (Lipinski definition) is 3. The number of ketones is 1. The van der Waals surface area contributed by atoms with E-state index in [4.69, 9.17) is 5.11 Å². The van der Waals surface area contributed by atoms with Crippen LogP contribution in [0.15, 0.2) is 0 Å². The smallest absolute Gasteiger partial charge is 0.310 e. The van der Waals surface area contributed by atoms with Crippen molar-refractivity contribution in [2.45, 2.75) is 44.9 Å². The monoisotopic (exact) mass is 218 g/mol. The lowest BCUT2D eigenvalue weighted by Gasteiger charge is -1.99. The molecule has 0 aromatic heterocycles. The van der Waals surface area contributed by atoms with Crippen LogP contribution >= 0.6 is 12.6 Å². The van der Waals surface area contributed by atoms with Crippen molar-refractivity contribution in [1.29, 1.82) is 0 Å². The highest BCUT2D eigenvalue weighted by atomic mass is 32.1. The van der Waals surface area contributed by atoms with Crippen LogP contribution in [0.3, 0.4) is 0 Å². The molecule has 0 unspecified atom stereocenters. The Bertz CT molecular complexity index is 180. The van der Waals surface area contributed by atoms with Gasteiger partial charge in [-0.15, -0.1) is 0 Å². The van der Waals surface area contributed by atoms with E-state index >= 15 is 0 Å². The number of unbranched alkanes of at least 4 members (excludes halogenated alkanes) is 4. The van der Waals surface area contributed by atoms with Crippen LogP contribution in [0.4, 0.5) is 0 Å². The van der Waals surface area contributed by atoms with E-state index in [0.717, 1.165) is 37.9 Å². The zero-order valence-electron chi connectivity index (χ0n) is 8.37. The van der Waals surface area contributed by atoms with E-state index in [1.807, 2.05) is 0 Å². The molecule has 0 heterocycles. The van der Waals surface area contributed by atoms with Gasteiger partial charge in [0.15, 0.2) is 0 Å². The molecule has 1 N–H and O–H groups in total. The van der Waals surface area contributed by atoms with Crippen LogP contribution in [0.5, 0.6) is 0 Å². The first-order chi connectivity index (χ1) is 6.66. The molecular weight excluding hydrogens is 200 g/mol. The first-order valence-corrected chi connectivity index (χ1v) is 5.64. The highest BCUT2D eigenvalue weighted by Gasteiger charge is 2.06. The first-order valence-electron chi connectivity index (χ1n) is 5.01. The first kappa shape index (κ1) is 13.5. The van der Waals surface area contributed by atoms with Gasteiger partial charge in [0.1, 0.15) is 12.2 Å². The van der Waals surface area contributed by atoms with Gasteiger partial charge in [0.2, 0.25) is 0 Å². The SMILES string of the molecule is O=C(O)CC(=O)CCCCCCCS. The Morgan fingerprint density at radius 1 is 1.00 bits per heavy atom. The van der Waals surface area contributed by atoms with Gasteiger partial charge in [0.25, 0.3) is 0 Å². The van der Waals surface area contributed by atoms with E-state index in [1.54, 1.807) is 0 Å². The molecule has 3 nitrogen and oxygen atoms in total. The third-order valence-electron chi connectivity index (χ3n) is 1.96. The number of carboxylic acid groups (broad SMARTS) is 1. The van der Waals surface area contributed by atoms with E-state index in [2.05, 4.69) is 12.6 Å². The molecule has 82 valence electrons. The van der Waals surface area contributed by atoms with Crippen LogP contribution in [0.2, 0.25) is 0 Å². The second-order valence-corrected chi connectivity index (χ2v) is 3.80. The Hall–Kier alpha value is -0.510. The van der Waals surface area contributed by atoms with Crippen molar-refractivity contribution in [3.8, 4) is 0 Å². The summed E-state index contributed by atoms with van der Waals surface area (Å²) in [4.78, 5) is 21.1. The standard InChI is InChI=1S/C10H18O3S/c11-9(8-10(12)13)6-4-2-1-3-5-7-14/h14H,1-8H2,(H,12,13). The molecule has 0 bridgehead atoms. The average Bonchev–Trinajstić information content (AvgIpc) is 2.10. The topological polar surface area (TPSA) is 54.4 Å². The quantitative estimate of drug-likeness (QED) is 0.355. The van der Waals surface area contributed by atoms with Crippen LogP contribution in [0, 0.1) is 0 Å². The van der Waals surface area contributed by atoms with Crippen molar-refractivity contribution >= 4 is 24.4 Å². The van der Waals surface area contributed by atoms with E-state index in [-0.39, 0.29) is 12.2 Å². The Kier molecular flexibility index (Phi) is 8.73. The van der Waals surface area contributed by atoms with Crippen LogP contribution < -0.4 is 0 Å². The highest BCUT2D eigenvalue weighted by Crippen LogP contribution is 2.07. The molecule has 0 aromatic rings. The maximum absolute atomic E-state index is 10.9. The molecule has 0 aromatic carbocycles. The van der Waals surface area contributed by atoms with Gasteiger partial charge in [-0.1, -0.05) is 19.3 Å². The summed E-state index contributed by atoms with van der Waals surface area (Å²) in [6.07, 6.45) is 5.30. The maximum Gasteiger partial charge on any atom is 0.310 e. The predicted octanol–water partition coefficient (Wildman–Crippen LogP) is 2.30. The van der Waals surface area contributed by atoms with Gasteiger partial charge in [0, 0.05) is 6.42 Å². The van der Waals surface area contributed by atoms with E-state index < -0.39 is 5.97 Å². The summed E-state index contributed by atoms with van der Waals surface area (Å²) in [5, 5.41) is 8.33. The van der Waals surface area contributed by atoms with E-state index in [9.17, 15) is 9.59 Å². The van der Waals surface area contributed by atoms with Gasteiger partial charge in [-0.25, -0.2) is 0 Å². The van der Waals surface area contributed by atoms with Crippen molar-refractivity contribution in [2.24, 2.45) is 0 Å². The van der Waals surface area contributed by atoms with Gasteiger partial charge in [0.05, 0.1) is 0 Å². The minimum atomic E-state index is -1.02. The number of carbonyl (C=O) groups excluding carboxylic acids is 1. The highest BCUT2D eigenvalue weighted by molar-refractivity contribution is 7.80. The molecule has 0 amide bonds. The number of carbonyl (C=O) groups is 2. The van der Waals surface area contributed by atoms with Gasteiger partial charge >= 0.3 is 5.97 Å². The minimum Gasteiger partial charge on any atom is -0.481 e. The summed E-state index contributed by atoms with van der Waals surface area (Å²) in [5.41, 5.74) is 0.